The van der Waals surface area contributed by atoms with Crippen LogP contribution >= 0.6 is 0 Å². The van der Waals surface area contributed by atoms with E-state index in [1.807, 2.05) is 6.92 Å². The predicted octanol–water partition coefficient (Wildman–Crippen LogP) is 3.52. The largest absolute Gasteiger partial charge is 0.427 e. The summed E-state index contributed by atoms with van der Waals surface area (Å²) in [7, 11) is 1.51. The molecule has 2 N–H and O–H groups in total. The molecule has 0 unspecified atom stereocenters. The molecule has 0 radical (unpaired) electrons. The highest BCUT2D eigenvalue weighted by atomic mass is 19.1. The molecule has 1 heterocycles. The molecular formula is C27H29FN4O5. The second kappa shape index (κ2) is 9.49. The number of amides is 5. The van der Waals surface area contributed by atoms with E-state index in [1.54, 1.807) is 41.3 Å². The maximum absolute atomic E-state index is 14.4. The molecule has 194 valence electrons. The summed E-state index contributed by atoms with van der Waals surface area (Å²) >= 11 is 0. The molecule has 2 aromatic carbocycles. The lowest BCUT2D eigenvalue weighted by Crippen LogP contribution is -2.47. The summed E-state index contributed by atoms with van der Waals surface area (Å²) in [6.45, 7) is 1.49. The van der Waals surface area contributed by atoms with Gasteiger partial charge in [-0.1, -0.05) is 24.3 Å². The third kappa shape index (κ3) is 4.52. The van der Waals surface area contributed by atoms with Gasteiger partial charge in [0, 0.05) is 42.9 Å². The van der Waals surface area contributed by atoms with Crippen LogP contribution in [0.15, 0.2) is 42.5 Å². The van der Waals surface area contributed by atoms with Gasteiger partial charge in [-0.2, -0.15) is 0 Å². The summed E-state index contributed by atoms with van der Waals surface area (Å²) in [6.07, 6.45) is 1.80. The van der Waals surface area contributed by atoms with Gasteiger partial charge in [-0.25, -0.2) is 18.9 Å². The van der Waals surface area contributed by atoms with Gasteiger partial charge < -0.3 is 20.3 Å². The minimum atomic E-state index is -1.49. The van der Waals surface area contributed by atoms with Gasteiger partial charge in [-0.15, -0.1) is 0 Å². The lowest BCUT2D eigenvalue weighted by atomic mass is 9.94. The Hall–Kier alpha value is -3.95. The van der Waals surface area contributed by atoms with Crippen LogP contribution in [0.5, 0.6) is 0 Å². The quantitative estimate of drug-likeness (QED) is 0.595. The summed E-state index contributed by atoms with van der Waals surface area (Å²) in [4.78, 5) is 54.0. The zero-order valence-corrected chi connectivity index (χ0v) is 20.8. The number of fused-ring (bicyclic) bond motifs is 2. The lowest BCUT2D eigenvalue weighted by molar-refractivity contribution is -0.143. The summed E-state index contributed by atoms with van der Waals surface area (Å²) in [5.74, 6) is -1.12. The Kier molecular flexibility index (Phi) is 6.35. The molecule has 2 atom stereocenters. The van der Waals surface area contributed by atoms with Crippen molar-refractivity contribution in [3.05, 3.63) is 65.0 Å². The van der Waals surface area contributed by atoms with Crippen LogP contribution in [0, 0.1) is 11.7 Å². The minimum Gasteiger partial charge on any atom is -0.427 e. The Labute approximate surface area is 213 Å². The summed E-state index contributed by atoms with van der Waals surface area (Å²) in [5, 5.41) is 5.16. The molecule has 1 aliphatic heterocycles. The molecule has 0 bridgehead atoms. The highest BCUT2D eigenvalue weighted by Crippen LogP contribution is 2.46. The molecule has 37 heavy (non-hydrogen) atoms. The van der Waals surface area contributed by atoms with Gasteiger partial charge in [-0.05, 0) is 55.9 Å². The fourth-order valence-corrected chi connectivity index (χ4v) is 5.25. The van der Waals surface area contributed by atoms with Crippen molar-refractivity contribution in [2.45, 2.75) is 50.8 Å². The zero-order valence-electron chi connectivity index (χ0n) is 20.8. The van der Waals surface area contributed by atoms with Gasteiger partial charge in [-0.3, -0.25) is 9.59 Å². The Morgan fingerprint density at radius 2 is 1.97 bits per heavy atom. The first-order chi connectivity index (χ1) is 17.7. The van der Waals surface area contributed by atoms with Crippen molar-refractivity contribution in [2.75, 3.05) is 18.9 Å². The van der Waals surface area contributed by atoms with Crippen LogP contribution in [0.3, 0.4) is 0 Å². The van der Waals surface area contributed by atoms with Crippen LogP contribution in [0.25, 0.3) is 0 Å². The number of nitrogens with one attached hydrogen (secondary N) is 2. The van der Waals surface area contributed by atoms with Crippen molar-refractivity contribution in [3.63, 3.8) is 0 Å². The first kappa shape index (κ1) is 24.7. The highest BCUT2D eigenvalue weighted by Gasteiger charge is 2.58. The van der Waals surface area contributed by atoms with Gasteiger partial charge >= 0.3 is 12.1 Å². The van der Waals surface area contributed by atoms with Crippen molar-refractivity contribution >= 4 is 29.6 Å². The number of nitrogens with zero attached hydrogens (tertiary/aromatic N) is 2. The van der Waals surface area contributed by atoms with Crippen LogP contribution in [0.4, 0.5) is 19.7 Å². The third-order valence-corrected chi connectivity index (χ3v) is 7.55. The molecule has 1 saturated heterocycles. The van der Waals surface area contributed by atoms with E-state index in [0.717, 1.165) is 23.3 Å². The van der Waals surface area contributed by atoms with Crippen LogP contribution in [0.1, 0.15) is 42.9 Å². The van der Waals surface area contributed by atoms with Crippen molar-refractivity contribution in [3.8, 4) is 0 Å². The van der Waals surface area contributed by atoms with Crippen LogP contribution in [-0.4, -0.2) is 53.4 Å². The minimum absolute atomic E-state index is 0.0509. The van der Waals surface area contributed by atoms with Crippen LogP contribution in [-0.2, 0) is 32.9 Å². The molecule has 5 amide bonds. The molecule has 0 aromatic heterocycles. The Balaban J connectivity index is 1.36. The van der Waals surface area contributed by atoms with Crippen LogP contribution in [0.2, 0.25) is 0 Å². The van der Waals surface area contributed by atoms with E-state index < -0.39 is 35.9 Å². The van der Waals surface area contributed by atoms with Gasteiger partial charge in [0.25, 0.3) is 5.91 Å². The highest BCUT2D eigenvalue weighted by molar-refractivity contribution is 6.06. The number of halogens is 1. The van der Waals surface area contributed by atoms with Gasteiger partial charge in [0.2, 0.25) is 11.5 Å². The SMILES string of the molecule is CNC(=O)Nc1ccc2c(c1)CC[C@@]21OC(=O)N(CC(=O)N(Cc2ccccc2F)[C@@H](C)C2CC2)C1=O. The monoisotopic (exact) mass is 508 g/mol. The average Bonchev–Trinajstić information content (AvgIpc) is 3.64. The number of urea groups is 1. The van der Waals surface area contributed by atoms with E-state index in [-0.39, 0.29) is 25.0 Å². The number of ether oxygens (including phenoxy) is 1. The number of hydrogen-bond donors (Lipinski definition) is 2. The summed E-state index contributed by atoms with van der Waals surface area (Å²) < 4.78 is 20.0. The van der Waals surface area contributed by atoms with Crippen molar-refractivity contribution < 1.29 is 28.3 Å². The van der Waals surface area contributed by atoms with Crippen molar-refractivity contribution in [1.29, 1.82) is 0 Å². The summed E-state index contributed by atoms with van der Waals surface area (Å²) in [5.41, 5.74) is 0.777. The van der Waals surface area contributed by atoms with E-state index in [4.69, 9.17) is 4.74 Å². The van der Waals surface area contributed by atoms with Crippen molar-refractivity contribution in [1.82, 2.24) is 15.1 Å². The smallest absolute Gasteiger partial charge is 0.418 e. The lowest BCUT2D eigenvalue weighted by Gasteiger charge is -2.31. The van der Waals surface area contributed by atoms with Gasteiger partial charge in [0.05, 0.1) is 0 Å². The molecule has 1 spiro atoms. The molecular weight excluding hydrogens is 479 g/mol. The molecule has 9 nitrogen and oxygen atoms in total. The maximum Gasteiger partial charge on any atom is 0.418 e. The molecule has 3 aliphatic rings. The first-order valence-electron chi connectivity index (χ1n) is 12.4. The van der Waals surface area contributed by atoms with E-state index in [0.29, 0.717) is 29.2 Å². The molecule has 2 aliphatic carbocycles. The Morgan fingerprint density at radius 3 is 2.68 bits per heavy atom. The van der Waals surface area contributed by atoms with Gasteiger partial charge in [0.15, 0.2) is 0 Å². The zero-order chi connectivity index (χ0) is 26.3. The number of carbonyl (C=O) groups excluding carboxylic acids is 4. The fourth-order valence-electron chi connectivity index (χ4n) is 5.25. The first-order valence-corrected chi connectivity index (χ1v) is 12.4. The number of carbonyl (C=O) groups is 4. The number of benzene rings is 2. The number of anilines is 1. The van der Waals surface area contributed by atoms with Crippen LogP contribution < -0.4 is 10.6 Å². The van der Waals surface area contributed by atoms with Gasteiger partial charge in [0.1, 0.15) is 12.4 Å². The fraction of sp³-hybridized carbons (Fsp3) is 0.407. The van der Waals surface area contributed by atoms with E-state index >= 15 is 0 Å². The number of imide groups is 1. The molecule has 1 saturated carbocycles. The second-order valence-corrected chi connectivity index (χ2v) is 9.85. The molecule has 2 fully saturated rings. The normalized spacial score (nSPS) is 21.0. The number of aryl methyl sites for hydroxylation is 1. The van der Waals surface area contributed by atoms with E-state index in [1.165, 1.54) is 13.1 Å². The second-order valence-electron chi connectivity index (χ2n) is 9.85. The van der Waals surface area contributed by atoms with Crippen molar-refractivity contribution in [2.24, 2.45) is 5.92 Å². The average molecular weight is 509 g/mol. The Bertz CT molecular complexity index is 1280. The Morgan fingerprint density at radius 1 is 1.22 bits per heavy atom. The summed E-state index contributed by atoms with van der Waals surface area (Å²) in [6, 6.07) is 10.8. The predicted molar refractivity (Wildman–Crippen MR) is 132 cm³/mol. The molecule has 2 aromatic rings. The number of rotatable bonds is 7. The van der Waals surface area contributed by atoms with E-state index in [2.05, 4.69) is 10.6 Å². The standard InChI is InChI=1S/C27H29FN4O5/c1-16(17-7-8-17)31(14-19-5-3-4-6-22(19)28)23(33)15-32-24(34)27(37-26(32)36)12-11-18-13-20(9-10-21(18)27)30-25(35)29-2/h3-6,9-10,13,16-17H,7-8,11-12,14-15H2,1-2H3,(H2,29,30,35)/t16-,27+/m0/s1. The number of hydrogen-bond acceptors (Lipinski definition) is 5. The topological polar surface area (TPSA) is 108 Å². The van der Waals surface area contributed by atoms with E-state index in [9.17, 15) is 23.6 Å². The molecule has 10 heteroatoms. The molecule has 5 rings (SSSR count). The maximum atomic E-state index is 14.4. The third-order valence-electron chi connectivity index (χ3n) is 7.55.